The zero-order valence-electron chi connectivity index (χ0n) is 3.81. The third-order valence-electron chi connectivity index (χ3n) is 0.674. The largest absolute Gasteiger partial charge is 0.263 e. The maximum Gasteiger partial charge on any atom is 0.263 e. The molecule has 3 nitrogen and oxygen atoms in total. The lowest BCUT2D eigenvalue weighted by Crippen LogP contribution is -1.98. The van der Waals surface area contributed by atoms with Crippen LogP contribution in [0.3, 0.4) is 0 Å². The van der Waals surface area contributed by atoms with Gasteiger partial charge in [-0.05, 0) is 0 Å². The van der Waals surface area contributed by atoms with Crippen molar-refractivity contribution in [3.63, 3.8) is 0 Å². The van der Waals surface area contributed by atoms with Crippen LogP contribution in [0, 0.1) is 0 Å². The van der Waals surface area contributed by atoms with Gasteiger partial charge in [0.05, 0.1) is 0 Å². The van der Waals surface area contributed by atoms with Crippen molar-refractivity contribution in [2.24, 2.45) is 0 Å². The second-order valence-corrected chi connectivity index (χ2v) is 1.13. The van der Waals surface area contributed by atoms with Gasteiger partial charge in [0, 0.05) is 11.2 Å². The van der Waals surface area contributed by atoms with E-state index < -0.39 is 0 Å². The van der Waals surface area contributed by atoms with Crippen LogP contribution in [0.4, 0.5) is 0 Å². The molecule has 3 heteroatoms. The molecular formula is C4H6N3+. The summed E-state index contributed by atoms with van der Waals surface area (Å²) in [6, 6.07) is 0. The maximum atomic E-state index is 3.64. The van der Waals surface area contributed by atoms with Gasteiger partial charge in [0.2, 0.25) is 0 Å². The maximum absolute atomic E-state index is 3.64. The Bertz CT molecular complexity index is 142. The quantitative estimate of drug-likeness (QED) is 0.519. The fourth-order valence-corrected chi connectivity index (χ4v) is 0.340. The van der Waals surface area contributed by atoms with Gasteiger partial charge in [-0.1, -0.05) is 6.58 Å². The second-order valence-electron chi connectivity index (χ2n) is 1.13. The summed E-state index contributed by atoms with van der Waals surface area (Å²) in [5.41, 5.74) is 0. The Morgan fingerprint density at radius 1 is 2.00 bits per heavy atom. The van der Waals surface area contributed by atoms with Crippen LogP contribution in [0.5, 0.6) is 0 Å². The predicted molar refractivity (Wildman–Crippen MR) is 25.2 cm³/mol. The van der Waals surface area contributed by atoms with Crippen molar-refractivity contribution in [1.29, 1.82) is 0 Å². The molecular weight excluding hydrogens is 90.1 g/mol. The van der Waals surface area contributed by atoms with Gasteiger partial charge in [-0.25, -0.2) is 4.98 Å². The highest BCUT2D eigenvalue weighted by atomic mass is 15.2. The molecule has 1 aromatic heterocycles. The molecule has 0 saturated carbocycles. The molecule has 0 radical (unpaired) electrons. The lowest BCUT2D eigenvalue weighted by molar-refractivity contribution is -0.380. The van der Waals surface area contributed by atoms with Crippen LogP contribution in [0.15, 0.2) is 12.9 Å². The van der Waals surface area contributed by atoms with Crippen molar-refractivity contribution in [1.82, 2.24) is 10.2 Å². The first-order valence-electron chi connectivity index (χ1n) is 1.97. The van der Waals surface area contributed by atoms with Gasteiger partial charge in [0.25, 0.3) is 12.2 Å². The Morgan fingerprint density at radius 2 is 2.86 bits per heavy atom. The Labute approximate surface area is 41.1 Å². The van der Waals surface area contributed by atoms with Gasteiger partial charge < -0.3 is 0 Å². The number of aromatic amines is 2. The molecule has 0 aliphatic carbocycles. The predicted octanol–water partition coefficient (Wildman–Crippen LogP) is -0.133. The van der Waals surface area contributed by atoms with Crippen LogP contribution in [0.1, 0.15) is 5.82 Å². The van der Waals surface area contributed by atoms with Crippen LogP contribution in [0.25, 0.3) is 6.08 Å². The molecule has 0 aromatic carbocycles. The highest BCUT2D eigenvalue weighted by molar-refractivity contribution is 5.30. The van der Waals surface area contributed by atoms with Gasteiger partial charge in [0.15, 0.2) is 0 Å². The number of nitrogens with one attached hydrogen (secondary N) is 2. The van der Waals surface area contributed by atoms with E-state index in [1.807, 2.05) is 0 Å². The van der Waals surface area contributed by atoms with E-state index in [9.17, 15) is 0 Å². The Balaban J connectivity index is 2.96. The third-order valence-corrected chi connectivity index (χ3v) is 0.674. The molecule has 2 N–H and O–H groups in total. The molecule has 36 valence electrons. The minimum atomic E-state index is 0.833. The van der Waals surface area contributed by atoms with Crippen LogP contribution < -0.4 is 4.98 Å². The Hall–Kier alpha value is -1.12. The summed E-state index contributed by atoms with van der Waals surface area (Å²) in [6.45, 7) is 3.50. The molecule has 0 atom stereocenters. The monoisotopic (exact) mass is 96.1 g/mol. The first kappa shape index (κ1) is 4.05. The molecule has 0 saturated heterocycles. The van der Waals surface area contributed by atoms with E-state index in [-0.39, 0.29) is 0 Å². The van der Waals surface area contributed by atoms with Gasteiger partial charge in [-0.3, -0.25) is 0 Å². The first-order valence-corrected chi connectivity index (χ1v) is 1.97. The standard InChI is InChI=1S/C4H5N3/c1-2-4-5-3-6-7-4/h2-3H,1H2,(H,5,6,7)/p+1. The smallest absolute Gasteiger partial charge is 0.245 e. The van der Waals surface area contributed by atoms with Crippen molar-refractivity contribution in [3.8, 4) is 0 Å². The summed E-state index contributed by atoms with van der Waals surface area (Å²) in [6.07, 6.45) is 3.23. The molecule has 0 bridgehead atoms. The number of H-pyrrole nitrogens is 2. The van der Waals surface area contributed by atoms with Crippen molar-refractivity contribution in [2.75, 3.05) is 0 Å². The molecule has 1 aromatic rings. The van der Waals surface area contributed by atoms with Crippen LogP contribution >= 0.6 is 0 Å². The summed E-state index contributed by atoms with van der Waals surface area (Å²) in [5.74, 6) is 0.833. The number of aromatic nitrogens is 3. The third kappa shape index (κ3) is 0.652. The first-order chi connectivity index (χ1) is 3.43. The van der Waals surface area contributed by atoms with Gasteiger partial charge in [-0.15, -0.1) is 5.10 Å². The van der Waals surface area contributed by atoms with E-state index in [1.54, 1.807) is 12.4 Å². The zero-order valence-corrected chi connectivity index (χ0v) is 3.81. The summed E-state index contributed by atoms with van der Waals surface area (Å²) in [5, 5.41) is 6.30. The lowest BCUT2D eigenvalue weighted by Gasteiger charge is -1.63. The van der Waals surface area contributed by atoms with Gasteiger partial charge >= 0.3 is 0 Å². The SMILES string of the molecule is C=Cc1[nH]nc[nH+]1. The Morgan fingerprint density at radius 3 is 3.14 bits per heavy atom. The Kier molecular flexibility index (Phi) is 0.898. The van der Waals surface area contributed by atoms with E-state index in [4.69, 9.17) is 0 Å². The second kappa shape index (κ2) is 1.55. The molecule has 0 amide bonds. The highest BCUT2D eigenvalue weighted by Crippen LogP contribution is 1.75. The molecule has 0 unspecified atom stereocenters. The van der Waals surface area contributed by atoms with Crippen molar-refractivity contribution < 1.29 is 4.98 Å². The van der Waals surface area contributed by atoms with E-state index in [0.29, 0.717) is 0 Å². The van der Waals surface area contributed by atoms with Crippen molar-refractivity contribution in [3.05, 3.63) is 18.7 Å². The minimum Gasteiger partial charge on any atom is -0.245 e. The summed E-state index contributed by atoms with van der Waals surface area (Å²) >= 11 is 0. The van der Waals surface area contributed by atoms with Crippen LogP contribution in [0.2, 0.25) is 0 Å². The van der Waals surface area contributed by atoms with Crippen LogP contribution in [-0.2, 0) is 0 Å². The highest BCUT2D eigenvalue weighted by Gasteiger charge is 1.88. The summed E-state index contributed by atoms with van der Waals surface area (Å²) < 4.78 is 0. The van der Waals surface area contributed by atoms with E-state index in [1.165, 1.54) is 0 Å². The molecule has 0 fully saturated rings. The minimum absolute atomic E-state index is 0.833. The van der Waals surface area contributed by atoms with Crippen LogP contribution in [-0.4, -0.2) is 10.2 Å². The molecule has 0 aliphatic rings. The molecule has 1 heterocycles. The summed E-state index contributed by atoms with van der Waals surface area (Å²) in [7, 11) is 0. The zero-order chi connectivity index (χ0) is 5.11. The topological polar surface area (TPSA) is 42.8 Å². The van der Waals surface area contributed by atoms with Crippen molar-refractivity contribution >= 4 is 6.08 Å². The molecule has 0 aliphatic heterocycles. The molecule has 7 heavy (non-hydrogen) atoms. The fraction of sp³-hybridized carbons (Fsp3) is 0. The number of nitrogens with zero attached hydrogens (tertiary/aromatic N) is 1. The van der Waals surface area contributed by atoms with E-state index in [2.05, 4.69) is 21.8 Å². The molecule has 1 rings (SSSR count). The molecule has 0 spiro atoms. The normalized spacial score (nSPS) is 8.57. The average Bonchev–Trinajstić information content (AvgIpc) is 2.14. The van der Waals surface area contributed by atoms with E-state index in [0.717, 1.165) is 5.82 Å². The number of hydrogen-bond donors (Lipinski definition) is 1. The number of hydrogen-bond acceptors (Lipinski definition) is 1. The van der Waals surface area contributed by atoms with E-state index >= 15 is 0 Å². The summed E-state index contributed by atoms with van der Waals surface area (Å²) in [4.78, 5) is 2.80. The lowest BCUT2D eigenvalue weighted by atomic mass is 10.6. The fourth-order valence-electron chi connectivity index (χ4n) is 0.340. The number of rotatable bonds is 1. The average molecular weight is 96.1 g/mol. The van der Waals surface area contributed by atoms with Crippen molar-refractivity contribution in [2.45, 2.75) is 0 Å². The van der Waals surface area contributed by atoms with Gasteiger partial charge in [-0.2, -0.15) is 0 Å². The van der Waals surface area contributed by atoms with Gasteiger partial charge in [0.1, 0.15) is 0 Å².